The van der Waals surface area contributed by atoms with Crippen LogP contribution in [0.4, 0.5) is 11.4 Å². The molecule has 2 aliphatic heterocycles. The number of hydrogen-bond donors (Lipinski definition) is 1. The van der Waals surface area contributed by atoms with Gasteiger partial charge in [0.2, 0.25) is 0 Å². The standard InChI is InChI=1S/C20H25N3O/c1-24-20-5-3-2-4-19(20)23-12-10-22(11-13-23)18-7-6-17-15-21-9-8-16(17)14-18/h2-7,14,21H,8-13,15H2,1H3. The van der Waals surface area contributed by atoms with Gasteiger partial charge in [0.1, 0.15) is 5.75 Å². The van der Waals surface area contributed by atoms with E-state index in [0.29, 0.717) is 0 Å². The molecule has 24 heavy (non-hydrogen) atoms. The fourth-order valence-electron chi connectivity index (χ4n) is 3.76. The van der Waals surface area contributed by atoms with Gasteiger partial charge in [0.05, 0.1) is 12.8 Å². The second-order valence-electron chi connectivity index (χ2n) is 6.53. The average Bonchev–Trinajstić information content (AvgIpc) is 2.67. The Morgan fingerprint density at radius 3 is 2.54 bits per heavy atom. The third kappa shape index (κ3) is 2.94. The average molecular weight is 323 g/mol. The first-order chi connectivity index (χ1) is 11.8. The molecule has 2 aromatic rings. The summed E-state index contributed by atoms with van der Waals surface area (Å²) < 4.78 is 5.51. The molecule has 4 rings (SSSR count). The number of para-hydroxylation sites is 2. The van der Waals surface area contributed by atoms with E-state index in [-0.39, 0.29) is 0 Å². The third-order valence-corrected chi connectivity index (χ3v) is 5.15. The summed E-state index contributed by atoms with van der Waals surface area (Å²) in [6, 6.07) is 15.3. The lowest BCUT2D eigenvalue weighted by atomic mass is 10.00. The van der Waals surface area contributed by atoms with Crippen molar-refractivity contribution in [3.63, 3.8) is 0 Å². The van der Waals surface area contributed by atoms with Gasteiger partial charge in [-0.15, -0.1) is 0 Å². The van der Waals surface area contributed by atoms with Crippen molar-refractivity contribution in [3.8, 4) is 5.75 Å². The van der Waals surface area contributed by atoms with Crippen LogP contribution in [-0.4, -0.2) is 39.8 Å². The highest BCUT2D eigenvalue weighted by Gasteiger charge is 2.20. The summed E-state index contributed by atoms with van der Waals surface area (Å²) in [6.45, 7) is 6.26. The number of ether oxygens (including phenoxy) is 1. The predicted octanol–water partition coefficient (Wildman–Crippen LogP) is 2.67. The monoisotopic (exact) mass is 323 g/mol. The van der Waals surface area contributed by atoms with Gasteiger partial charge >= 0.3 is 0 Å². The van der Waals surface area contributed by atoms with Crippen molar-refractivity contribution in [3.05, 3.63) is 53.6 Å². The van der Waals surface area contributed by atoms with E-state index in [1.54, 1.807) is 7.11 Å². The molecule has 0 atom stereocenters. The van der Waals surface area contributed by atoms with Crippen molar-refractivity contribution < 1.29 is 4.74 Å². The largest absolute Gasteiger partial charge is 0.495 e. The number of piperazine rings is 1. The summed E-state index contributed by atoms with van der Waals surface area (Å²) >= 11 is 0. The van der Waals surface area contributed by atoms with Crippen molar-refractivity contribution in [2.75, 3.05) is 49.6 Å². The van der Waals surface area contributed by atoms with Crippen molar-refractivity contribution in [1.82, 2.24) is 5.32 Å². The molecular formula is C20H25N3O. The molecule has 1 saturated heterocycles. The summed E-state index contributed by atoms with van der Waals surface area (Å²) in [5, 5.41) is 3.44. The molecule has 2 aliphatic rings. The summed E-state index contributed by atoms with van der Waals surface area (Å²) in [7, 11) is 1.75. The highest BCUT2D eigenvalue weighted by Crippen LogP contribution is 2.30. The van der Waals surface area contributed by atoms with Crippen LogP contribution >= 0.6 is 0 Å². The lowest BCUT2D eigenvalue weighted by molar-refractivity contribution is 0.413. The van der Waals surface area contributed by atoms with Crippen molar-refractivity contribution >= 4 is 11.4 Å². The van der Waals surface area contributed by atoms with Crippen LogP contribution in [0.1, 0.15) is 11.1 Å². The molecular weight excluding hydrogens is 298 g/mol. The molecule has 0 aliphatic carbocycles. The first kappa shape index (κ1) is 15.3. The van der Waals surface area contributed by atoms with Crippen LogP contribution in [0.25, 0.3) is 0 Å². The molecule has 0 bridgehead atoms. The van der Waals surface area contributed by atoms with Gasteiger partial charge in [0.15, 0.2) is 0 Å². The number of benzene rings is 2. The smallest absolute Gasteiger partial charge is 0.142 e. The predicted molar refractivity (Wildman–Crippen MR) is 99.3 cm³/mol. The molecule has 126 valence electrons. The molecule has 4 nitrogen and oxygen atoms in total. The minimum atomic E-state index is 0.965. The van der Waals surface area contributed by atoms with Crippen LogP contribution in [0.5, 0.6) is 5.75 Å². The van der Waals surface area contributed by atoms with Crippen LogP contribution in [-0.2, 0) is 13.0 Å². The van der Waals surface area contributed by atoms with Crippen LogP contribution < -0.4 is 19.9 Å². The minimum absolute atomic E-state index is 0.965. The Kier molecular flexibility index (Phi) is 4.30. The Morgan fingerprint density at radius 2 is 1.71 bits per heavy atom. The molecule has 4 heteroatoms. The number of anilines is 2. The SMILES string of the molecule is COc1ccccc1N1CCN(c2ccc3c(c2)CCNC3)CC1. The lowest BCUT2D eigenvalue weighted by Crippen LogP contribution is -2.46. The summed E-state index contributed by atoms with van der Waals surface area (Å²) in [4.78, 5) is 4.94. The molecule has 0 radical (unpaired) electrons. The molecule has 0 amide bonds. The van der Waals surface area contributed by atoms with E-state index >= 15 is 0 Å². The van der Waals surface area contributed by atoms with Gasteiger partial charge in [-0.2, -0.15) is 0 Å². The van der Waals surface area contributed by atoms with E-state index in [1.165, 1.54) is 22.5 Å². The topological polar surface area (TPSA) is 27.7 Å². The summed E-state index contributed by atoms with van der Waals surface area (Å²) in [5.41, 5.74) is 5.54. The summed E-state index contributed by atoms with van der Waals surface area (Å²) in [6.07, 6.45) is 1.14. The normalized spacial score (nSPS) is 17.5. The highest BCUT2D eigenvalue weighted by atomic mass is 16.5. The van der Waals surface area contributed by atoms with Crippen LogP contribution in [0.15, 0.2) is 42.5 Å². The van der Waals surface area contributed by atoms with E-state index in [0.717, 1.165) is 51.4 Å². The lowest BCUT2D eigenvalue weighted by Gasteiger charge is -2.38. The number of hydrogen-bond acceptors (Lipinski definition) is 4. The molecule has 2 aromatic carbocycles. The van der Waals surface area contributed by atoms with Gasteiger partial charge in [0, 0.05) is 38.4 Å². The third-order valence-electron chi connectivity index (χ3n) is 5.15. The molecule has 0 saturated carbocycles. The molecule has 1 fully saturated rings. The van der Waals surface area contributed by atoms with Gasteiger partial charge in [-0.25, -0.2) is 0 Å². The number of fused-ring (bicyclic) bond motifs is 1. The zero-order valence-electron chi connectivity index (χ0n) is 14.3. The second kappa shape index (κ2) is 6.73. The minimum Gasteiger partial charge on any atom is -0.495 e. The zero-order chi connectivity index (χ0) is 16.4. The van der Waals surface area contributed by atoms with Gasteiger partial charge < -0.3 is 19.9 Å². The van der Waals surface area contributed by atoms with E-state index in [9.17, 15) is 0 Å². The van der Waals surface area contributed by atoms with Crippen molar-refractivity contribution in [1.29, 1.82) is 0 Å². The highest BCUT2D eigenvalue weighted by molar-refractivity contribution is 5.60. The Balaban J connectivity index is 1.46. The van der Waals surface area contributed by atoms with E-state index in [1.807, 2.05) is 12.1 Å². The number of nitrogens with one attached hydrogen (secondary N) is 1. The van der Waals surface area contributed by atoms with Crippen molar-refractivity contribution in [2.24, 2.45) is 0 Å². The zero-order valence-corrected chi connectivity index (χ0v) is 14.3. The Hall–Kier alpha value is -2.20. The van der Waals surface area contributed by atoms with Crippen LogP contribution in [0.3, 0.4) is 0 Å². The fourth-order valence-corrected chi connectivity index (χ4v) is 3.76. The maximum atomic E-state index is 5.51. The quantitative estimate of drug-likeness (QED) is 0.940. The molecule has 0 spiro atoms. The maximum Gasteiger partial charge on any atom is 0.142 e. The number of methoxy groups -OCH3 is 1. The first-order valence-electron chi connectivity index (χ1n) is 8.80. The van der Waals surface area contributed by atoms with E-state index in [4.69, 9.17) is 4.74 Å². The van der Waals surface area contributed by atoms with Crippen LogP contribution in [0.2, 0.25) is 0 Å². The fraction of sp³-hybridized carbons (Fsp3) is 0.400. The van der Waals surface area contributed by atoms with Gasteiger partial charge in [-0.3, -0.25) is 0 Å². The van der Waals surface area contributed by atoms with Crippen molar-refractivity contribution in [2.45, 2.75) is 13.0 Å². The van der Waals surface area contributed by atoms with E-state index < -0.39 is 0 Å². The molecule has 0 aromatic heterocycles. The Morgan fingerprint density at radius 1 is 0.917 bits per heavy atom. The Labute approximate surface area is 144 Å². The first-order valence-corrected chi connectivity index (χ1v) is 8.80. The molecule has 2 heterocycles. The Bertz CT molecular complexity index is 708. The second-order valence-corrected chi connectivity index (χ2v) is 6.53. The van der Waals surface area contributed by atoms with Gasteiger partial charge in [-0.05, 0) is 48.4 Å². The van der Waals surface area contributed by atoms with Gasteiger partial charge in [-0.1, -0.05) is 18.2 Å². The van der Waals surface area contributed by atoms with Crippen LogP contribution in [0, 0.1) is 0 Å². The van der Waals surface area contributed by atoms with E-state index in [2.05, 4.69) is 45.4 Å². The van der Waals surface area contributed by atoms with Gasteiger partial charge in [0.25, 0.3) is 0 Å². The summed E-state index contributed by atoms with van der Waals surface area (Å²) in [5.74, 6) is 0.965. The number of rotatable bonds is 3. The maximum absolute atomic E-state index is 5.51. The number of nitrogens with zero attached hydrogens (tertiary/aromatic N) is 2. The molecule has 0 unspecified atom stereocenters. The molecule has 1 N–H and O–H groups in total.